The Morgan fingerprint density at radius 3 is 2.10 bits per heavy atom. The summed E-state index contributed by atoms with van der Waals surface area (Å²) in [6.45, 7) is 23.0. The average Bonchev–Trinajstić information content (AvgIpc) is 3.08. The summed E-state index contributed by atoms with van der Waals surface area (Å²) in [6.07, 6.45) is 7.61. The van der Waals surface area contributed by atoms with Crippen molar-refractivity contribution in [2.24, 2.45) is 0 Å². The zero-order chi connectivity index (χ0) is 37.6. The summed E-state index contributed by atoms with van der Waals surface area (Å²) >= 11 is 0. The highest BCUT2D eigenvalue weighted by Gasteiger charge is 2.21. The minimum absolute atomic E-state index is 0.109. The zero-order valence-electron chi connectivity index (χ0n) is 32.4. The first kappa shape index (κ1) is 43.5. The number of likely N-dealkylation sites (N-methyl/N-ethyl adjacent to an activating group) is 1. The molecule has 2 N–H and O–H groups in total. The van der Waals surface area contributed by atoms with Crippen LogP contribution in [0.15, 0.2) is 97.4 Å². The average molecular weight is 685 g/mol. The predicted octanol–water partition coefficient (Wildman–Crippen LogP) is 10.7. The van der Waals surface area contributed by atoms with Gasteiger partial charge in [0.1, 0.15) is 17.3 Å². The van der Waals surface area contributed by atoms with Crippen LogP contribution in [0.4, 0.5) is 10.1 Å². The summed E-state index contributed by atoms with van der Waals surface area (Å²) < 4.78 is 21.4. The molecule has 4 rings (SSSR count). The van der Waals surface area contributed by atoms with Crippen LogP contribution in [0, 0.1) is 19.7 Å². The molecule has 1 heterocycles. The molecule has 0 aliphatic rings. The molecule has 0 saturated heterocycles. The van der Waals surface area contributed by atoms with E-state index in [2.05, 4.69) is 68.1 Å². The highest BCUT2D eigenvalue weighted by atomic mass is 19.1. The summed E-state index contributed by atoms with van der Waals surface area (Å²) in [5.41, 5.74) is 4.39. The third-order valence-electron chi connectivity index (χ3n) is 7.75. The minimum Gasteiger partial charge on any atom is -0.454 e. The van der Waals surface area contributed by atoms with E-state index in [-0.39, 0.29) is 17.5 Å². The van der Waals surface area contributed by atoms with E-state index >= 15 is 4.39 Å². The molecule has 0 bridgehead atoms. The number of rotatable bonds is 12. The lowest BCUT2D eigenvalue weighted by atomic mass is 10.1. The third-order valence-corrected chi connectivity index (χ3v) is 7.75. The topological polar surface area (TPSA) is 66.5 Å². The maximum Gasteiger partial charge on any atom is 0.156 e. The fourth-order valence-electron chi connectivity index (χ4n) is 5.06. The maximum absolute atomic E-state index is 15.1. The van der Waals surface area contributed by atoms with E-state index in [1.807, 2.05) is 83.1 Å². The van der Waals surface area contributed by atoms with Crippen LogP contribution in [0.25, 0.3) is 10.8 Å². The number of anilines is 1. The molecule has 2 unspecified atom stereocenters. The van der Waals surface area contributed by atoms with Crippen molar-refractivity contribution >= 4 is 22.2 Å². The van der Waals surface area contributed by atoms with E-state index in [0.717, 1.165) is 45.6 Å². The number of nitrogens with zero attached hydrogens (tertiary/aromatic N) is 2. The van der Waals surface area contributed by atoms with Crippen LogP contribution in [0.2, 0.25) is 0 Å². The van der Waals surface area contributed by atoms with Gasteiger partial charge in [0.25, 0.3) is 0 Å². The number of allylic oxidation sites excluding steroid dienone is 3. The van der Waals surface area contributed by atoms with Gasteiger partial charge in [-0.25, -0.2) is 4.39 Å². The summed E-state index contributed by atoms with van der Waals surface area (Å²) in [5.74, 6) is 1.24. The molecule has 2 atom stereocenters. The van der Waals surface area contributed by atoms with Crippen LogP contribution < -0.4 is 20.3 Å². The van der Waals surface area contributed by atoms with Gasteiger partial charge in [0.05, 0.1) is 0 Å². The Morgan fingerprint density at radius 2 is 1.64 bits per heavy atom. The third kappa shape index (κ3) is 15.8. The lowest BCUT2D eigenvalue weighted by molar-refractivity contribution is -0.112. The number of aryl methyl sites for hydroxylation is 2. The number of carbonyl (C=O) groups excluding carboxylic acids is 1. The van der Waals surface area contributed by atoms with Crippen molar-refractivity contribution in [1.82, 2.24) is 15.6 Å². The van der Waals surface area contributed by atoms with E-state index in [9.17, 15) is 4.79 Å². The SMILES string of the molecule is C/C=C\C(C)=O.C=C(C)NCC.CCCC(C)NC.Cc1cc2ccccc2cc1Oc1c(C)ccc(F)c1N(C)CC(C)c1ccccn1. The summed E-state index contributed by atoms with van der Waals surface area (Å²) in [4.78, 5) is 16.3. The lowest BCUT2D eigenvalue weighted by Gasteiger charge is -2.27. The second kappa shape index (κ2) is 23.8. The largest absolute Gasteiger partial charge is 0.454 e. The molecule has 0 spiro atoms. The number of hydrogen-bond donors (Lipinski definition) is 2. The number of benzene rings is 3. The number of ether oxygens (including phenoxy) is 1. The van der Waals surface area contributed by atoms with Crippen LogP contribution >= 0.6 is 0 Å². The number of aromatic nitrogens is 1. The van der Waals surface area contributed by atoms with Crippen molar-refractivity contribution in [3.05, 3.63) is 120 Å². The second-order valence-corrected chi connectivity index (χ2v) is 12.5. The molecule has 0 radical (unpaired) electrons. The van der Waals surface area contributed by atoms with Gasteiger partial charge < -0.3 is 20.3 Å². The second-order valence-electron chi connectivity index (χ2n) is 12.5. The van der Waals surface area contributed by atoms with E-state index in [1.54, 1.807) is 18.3 Å². The molecule has 0 fully saturated rings. The predicted molar refractivity (Wildman–Crippen MR) is 213 cm³/mol. The van der Waals surface area contributed by atoms with Gasteiger partial charge in [-0.15, -0.1) is 0 Å². The smallest absolute Gasteiger partial charge is 0.156 e. The van der Waals surface area contributed by atoms with Crippen molar-refractivity contribution < 1.29 is 13.9 Å². The van der Waals surface area contributed by atoms with Gasteiger partial charge >= 0.3 is 0 Å². The van der Waals surface area contributed by atoms with Gasteiger partial charge in [0.2, 0.25) is 0 Å². The molecule has 3 aromatic carbocycles. The Labute approximate surface area is 301 Å². The lowest BCUT2D eigenvalue weighted by Crippen LogP contribution is -2.25. The minimum atomic E-state index is -0.297. The highest BCUT2D eigenvalue weighted by Crippen LogP contribution is 2.39. The number of fused-ring (bicyclic) bond motifs is 1. The van der Waals surface area contributed by atoms with Gasteiger partial charge in [-0.05, 0) is 120 Å². The summed E-state index contributed by atoms with van der Waals surface area (Å²) in [6, 6.07) is 22.1. The number of nitrogens with one attached hydrogen (secondary N) is 2. The Kier molecular flexibility index (Phi) is 20.7. The molecule has 4 aromatic rings. The zero-order valence-corrected chi connectivity index (χ0v) is 32.4. The number of ketones is 1. The van der Waals surface area contributed by atoms with Gasteiger partial charge in [0.15, 0.2) is 11.5 Å². The van der Waals surface area contributed by atoms with Gasteiger partial charge in [-0.3, -0.25) is 9.78 Å². The summed E-state index contributed by atoms with van der Waals surface area (Å²) in [5, 5.41) is 8.43. The molecule has 0 aliphatic heterocycles. The van der Waals surface area contributed by atoms with Crippen LogP contribution in [0.5, 0.6) is 11.5 Å². The fraction of sp³-hybridized carbons (Fsp3) is 0.395. The number of hydrogen-bond acceptors (Lipinski definition) is 6. The highest BCUT2D eigenvalue weighted by molar-refractivity contribution is 5.87. The van der Waals surface area contributed by atoms with E-state index in [4.69, 9.17) is 4.74 Å². The normalized spacial score (nSPS) is 11.5. The molecular formula is C43H61FN4O2. The molecule has 0 aliphatic carbocycles. The first-order valence-electron chi connectivity index (χ1n) is 17.6. The van der Waals surface area contributed by atoms with Crippen molar-refractivity contribution in [2.45, 2.75) is 87.1 Å². The van der Waals surface area contributed by atoms with E-state index in [0.29, 0.717) is 24.0 Å². The van der Waals surface area contributed by atoms with Gasteiger partial charge in [-0.2, -0.15) is 0 Å². The van der Waals surface area contributed by atoms with Crippen molar-refractivity contribution in [3.8, 4) is 11.5 Å². The van der Waals surface area contributed by atoms with Crippen molar-refractivity contribution in [3.63, 3.8) is 0 Å². The summed E-state index contributed by atoms with van der Waals surface area (Å²) in [7, 11) is 3.90. The van der Waals surface area contributed by atoms with Gasteiger partial charge in [-0.1, -0.05) is 69.3 Å². The maximum atomic E-state index is 15.1. The van der Waals surface area contributed by atoms with Crippen LogP contribution in [0.1, 0.15) is 84.0 Å². The Balaban J connectivity index is 0.000000539. The Morgan fingerprint density at radius 1 is 1.00 bits per heavy atom. The number of pyridine rings is 1. The van der Waals surface area contributed by atoms with Crippen LogP contribution in [-0.2, 0) is 4.79 Å². The fourth-order valence-corrected chi connectivity index (χ4v) is 5.06. The number of carbonyl (C=O) groups is 1. The molecular weight excluding hydrogens is 623 g/mol. The molecule has 50 heavy (non-hydrogen) atoms. The first-order valence-corrected chi connectivity index (χ1v) is 17.6. The molecule has 272 valence electrons. The molecule has 6 nitrogen and oxygen atoms in total. The van der Waals surface area contributed by atoms with Crippen LogP contribution in [-0.4, -0.2) is 44.0 Å². The first-order chi connectivity index (χ1) is 23.8. The van der Waals surface area contributed by atoms with Crippen molar-refractivity contribution in [2.75, 3.05) is 32.1 Å². The molecule has 7 heteroatoms. The van der Waals surface area contributed by atoms with Crippen molar-refractivity contribution in [1.29, 1.82) is 0 Å². The van der Waals surface area contributed by atoms with Crippen LogP contribution in [0.3, 0.4) is 0 Å². The Hall–Kier alpha value is -4.49. The standard InChI is InChI=1S/C27H27FN2O.C6H15N.C5H11N.C5H8O/c1-18-12-13-23(28)26(30(4)17-20(3)24-11-7-8-14-29-24)27(18)31-25-16-22-10-6-5-9-21(22)15-19(25)2;1-4-5-6(2)7-3;1-4-6-5(2)3;1-3-4-5(2)6/h5-16,20H,17H2,1-4H3;6-7H,4-5H2,1-3H3;6H,2,4H2,1,3H3;3-4H,1-2H3/b;;;4-3-. The quantitative estimate of drug-likeness (QED) is 0.145. The monoisotopic (exact) mass is 684 g/mol. The molecule has 0 amide bonds. The number of halogens is 1. The molecule has 1 aromatic heterocycles. The van der Waals surface area contributed by atoms with E-state index < -0.39 is 0 Å². The molecule has 0 saturated carbocycles. The van der Waals surface area contributed by atoms with E-state index in [1.165, 1.54) is 31.9 Å². The van der Waals surface area contributed by atoms with Gasteiger partial charge in [0, 0.05) is 49.7 Å². The Bertz CT molecular complexity index is 1620.